The maximum absolute atomic E-state index is 11.7. The van der Waals surface area contributed by atoms with E-state index in [4.69, 9.17) is 10.6 Å². The Morgan fingerprint density at radius 1 is 1.33 bits per heavy atom. The molecule has 6 heteroatoms. The molecule has 110 valence electrons. The molecule has 0 bridgehead atoms. The normalized spacial score (nSPS) is 11.2. The van der Waals surface area contributed by atoms with Crippen LogP contribution in [-0.4, -0.2) is 18.3 Å². The molecule has 2 aromatic rings. The summed E-state index contributed by atoms with van der Waals surface area (Å²) in [6.45, 7) is 1.90. The minimum atomic E-state index is -0.276. The topological polar surface area (TPSA) is 76.7 Å². The Labute approximate surface area is 127 Å². The van der Waals surface area contributed by atoms with Crippen LogP contribution in [0.25, 0.3) is 0 Å². The highest BCUT2D eigenvalue weighted by Gasteiger charge is 2.04. The lowest BCUT2D eigenvalue weighted by molar-refractivity contribution is -0.120. The van der Waals surface area contributed by atoms with Crippen LogP contribution in [0.15, 0.2) is 46.9 Å². The lowest BCUT2D eigenvalue weighted by Crippen LogP contribution is -2.19. The van der Waals surface area contributed by atoms with Crippen LogP contribution in [0.2, 0.25) is 0 Å². The highest BCUT2D eigenvalue weighted by Crippen LogP contribution is 2.10. The van der Waals surface area contributed by atoms with Crippen LogP contribution in [0.5, 0.6) is 0 Å². The zero-order valence-corrected chi connectivity index (χ0v) is 12.5. The van der Waals surface area contributed by atoms with Gasteiger partial charge in [-0.05, 0) is 35.6 Å². The number of benzene rings is 1. The van der Waals surface area contributed by atoms with Gasteiger partial charge in [0, 0.05) is 5.69 Å². The molecular formula is C15H17N3O2S. The van der Waals surface area contributed by atoms with Gasteiger partial charge >= 0.3 is 0 Å². The molecule has 5 nitrogen and oxygen atoms in total. The van der Waals surface area contributed by atoms with Crippen molar-refractivity contribution in [2.45, 2.75) is 13.3 Å². The lowest BCUT2D eigenvalue weighted by atomic mass is 10.1. The van der Waals surface area contributed by atoms with E-state index < -0.39 is 0 Å². The van der Waals surface area contributed by atoms with Crippen LogP contribution in [-0.2, 0) is 16.1 Å². The largest absolute Gasteiger partial charge is 0.384 e. The van der Waals surface area contributed by atoms with Crippen molar-refractivity contribution in [1.29, 1.82) is 0 Å². The van der Waals surface area contributed by atoms with Gasteiger partial charge in [0.1, 0.15) is 0 Å². The average Bonchev–Trinajstić information content (AvgIpc) is 3.02. The molecule has 21 heavy (non-hydrogen) atoms. The number of amidine groups is 1. The van der Waals surface area contributed by atoms with Crippen molar-refractivity contribution in [2.75, 3.05) is 11.9 Å². The summed E-state index contributed by atoms with van der Waals surface area (Å²) in [5.74, 6) is -0.00734. The number of amides is 1. The summed E-state index contributed by atoms with van der Waals surface area (Å²) in [6.07, 6.45) is 0.966. The smallest absolute Gasteiger partial charge is 0.265 e. The molecule has 0 aliphatic rings. The molecule has 1 amide bonds. The van der Waals surface area contributed by atoms with E-state index in [2.05, 4.69) is 17.4 Å². The number of carbonyl (C=O) groups is 1. The second-order valence-corrected chi connectivity index (χ2v) is 5.27. The van der Waals surface area contributed by atoms with Crippen molar-refractivity contribution in [3.63, 3.8) is 0 Å². The zero-order chi connectivity index (χ0) is 15.1. The van der Waals surface area contributed by atoms with E-state index in [1.807, 2.05) is 41.8 Å². The summed E-state index contributed by atoms with van der Waals surface area (Å²) >= 11 is 1.46. The minimum Gasteiger partial charge on any atom is -0.384 e. The standard InChI is InChI=1S/C15H17N3O2S/c1-2-11-5-7-12(8-6-11)17-14(19)10-20-18-15(16)13-4-3-9-21-13/h3-9H,2,10H2,1H3,(H2,16,18)(H,17,19). The Kier molecular flexibility index (Phi) is 5.34. The van der Waals surface area contributed by atoms with Gasteiger partial charge in [-0.2, -0.15) is 0 Å². The maximum atomic E-state index is 11.7. The second kappa shape index (κ2) is 7.44. The number of hydrogen-bond donors (Lipinski definition) is 2. The van der Waals surface area contributed by atoms with Crippen molar-refractivity contribution >= 4 is 28.8 Å². The van der Waals surface area contributed by atoms with Crippen LogP contribution in [0.3, 0.4) is 0 Å². The number of carbonyl (C=O) groups excluding carboxylic acids is 1. The molecule has 0 atom stereocenters. The average molecular weight is 303 g/mol. The van der Waals surface area contributed by atoms with Crippen molar-refractivity contribution in [3.8, 4) is 0 Å². The number of anilines is 1. The third kappa shape index (κ3) is 4.61. The highest BCUT2D eigenvalue weighted by atomic mass is 32.1. The summed E-state index contributed by atoms with van der Waals surface area (Å²) in [6, 6.07) is 11.4. The predicted octanol–water partition coefficient (Wildman–Crippen LogP) is 2.59. The third-order valence-corrected chi connectivity index (χ3v) is 3.67. The Morgan fingerprint density at radius 2 is 2.10 bits per heavy atom. The van der Waals surface area contributed by atoms with E-state index >= 15 is 0 Å². The number of oxime groups is 1. The van der Waals surface area contributed by atoms with Gasteiger partial charge in [-0.1, -0.05) is 30.3 Å². The van der Waals surface area contributed by atoms with Gasteiger partial charge in [0.25, 0.3) is 5.91 Å². The van der Waals surface area contributed by atoms with Crippen molar-refractivity contribution in [3.05, 3.63) is 52.2 Å². The second-order valence-electron chi connectivity index (χ2n) is 4.33. The molecule has 0 saturated heterocycles. The molecule has 0 spiro atoms. The molecule has 3 N–H and O–H groups in total. The first-order chi connectivity index (χ1) is 10.2. The summed E-state index contributed by atoms with van der Waals surface area (Å²) < 4.78 is 0. The third-order valence-electron chi connectivity index (χ3n) is 2.78. The Hall–Kier alpha value is -2.34. The van der Waals surface area contributed by atoms with E-state index in [1.165, 1.54) is 16.9 Å². The molecular weight excluding hydrogens is 286 g/mol. The van der Waals surface area contributed by atoms with Gasteiger partial charge in [-0.15, -0.1) is 11.3 Å². The van der Waals surface area contributed by atoms with E-state index in [-0.39, 0.29) is 18.3 Å². The number of hydrogen-bond acceptors (Lipinski definition) is 4. The summed E-state index contributed by atoms with van der Waals surface area (Å²) in [4.78, 5) is 17.5. The van der Waals surface area contributed by atoms with Crippen LogP contribution < -0.4 is 11.1 Å². The fourth-order valence-corrected chi connectivity index (χ4v) is 2.27. The molecule has 0 aliphatic heterocycles. The minimum absolute atomic E-state index is 0.179. The zero-order valence-electron chi connectivity index (χ0n) is 11.7. The molecule has 0 radical (unpaired) electrons. The van der Waals surface area contributed by atoms with Crippen LogP contribution in [0.1, 0.15) is 17.4 Å². The first-order valence-corrected chi connectivity index (χ1v) is 7.45. The van der Waals surface area contributed by atoms with Gasteiger partial charge in [0.15, 0.2) is 12.4 Å². The Balaban J connectivity index is 1.80. The van der Waals surface area contributed by atoms with Gasteiger partial charge in [0.05, 0.1) is 4.88 Å². The monoisotopic (exact) mass is 303 g/mol. The van der Waals surface area contributed by atoms with E-state index in [9.17, 15) is 4.79 Å². The number of aryl methyl sites for hydroxylation is 1. The van der Waals surface area contributed by atoms with Crippen molar-refractivity contribution < 1.29 is 9.63 Å². The summed E-state index contributed by atoms with van der Waals surface area (Å²) in [7, 11) is 0. The van der Waals surface area contributed by atoms with Crippen LogP contribution in [0, 0.1) is 0 Å². The van der Waals surface area contributed by atoms with E-state index in [0.717, 1.165) is 17.0 Å². The molecule has 0 saturated carbocycles. The quantitative estimate of drug-likeness (QED) is 0.489. The van der Waals surface area contributed by atoms with E-state index in [1.54, 1.807) is 0 Å². The fourth-order valence-electron chi connectivity index (χ4n) is 1.65. The van der Waals surface area contributed by atoms with Gasteiger partial charge < -0.3 is 15.9 Å². The van der Waals surface area contributed by atoms with Gasteiger partial charge in [-0.3, -0.25) is 4.79 Å². The first kappa shape index (κ1) is 15.1. The Morgan fingerprint density at radius 3 is 2.71 bits per heavy atom. The van der Waals surface area contributed by atoms with E-state index in [0.29, 0.717) is 0 Å². The number of thiophene rings is 1. The molecule has 1 heterocycles. The van der Waals surface area contributed by atoms with Gasteiger partial charge in [-0.25, -0.2) is 0 Å². The number of rotatable bonds is 6. The number of nitrogens with zero attached hydrogens (tertiary/aromatic N) is 1. The fraction of sp³-hybridized carbons (Fsp3) is 0.200. The van der Waals surface area contributed by atoms with Crippen molar-refractivity contribution in [1.82, 2.24) is 0 Å². The molecule has 1 aromatic carbocycles. The predicted molar refractivity (Wildman–Crippen MR) is 85.4 cm³/mol. The first-order valence-electron chi connectivity index (χ1n) is 6.57. The molecule has 0 aliphatic carbocycles. The number of nitrogens with one attached hydrogen (secondary N) is 1. The van der Waals surface area contributed by atoms with Crippen LogP contribution >= 0.6 is 11.3 Å². The molecule has 0 fully saturated rings. The van der Waals surface area contributed by atoms with Crippen molar-refractivity contribution in [2.24, 2.45) is 10.9 Å². The maximum Gasteiger partial charge on any atom is 0.265 e. The summed E-state index contributed by atoms with van der Waals surface area (Å²) in [5, 5.41) is 8.34. The van der Waals surface area contributed by atoms with Crippen LogP contribution in [0.4, 0.5) is 5.69 Å². The SMILES string of the molecule is CCc1ccc(NC(=O)CO/N=C(/N)c2cccs2)cc1. The molecule has 1 aromatic heterocycles. The molecule has 2 rings (SSSR count). The highest BCUT2D eigenvalue weighted by molar-refractivity contribution is 7.12. The van der Waals surface area contributed by atoms with Gasteiger partial charge in [0.2, 0.25) is 0 Å². The lowest BCUT2D eigenvalue weighted by Gasteiger charge is -2.05. The Bertz CT molecular complexity index is 606. The molecule has 0 unspecified atom stereocenters. The summed E-state index contributed by atoms with van der Waals surface area (Å²) in [5.41, 5.74) is 7.67. The number of nitrogens with two attached hydrogens (primary N) is 1.